The third kappa shape index (κ3) is 9.15. The number of aliphatic imine (C=N–C) groups is 1. The van der Waals surface area contributed by atoms with Crippen LogP contribution in [-0.2, 0) is 0 Å². The Kier molecular flexibility index (Phi) is 6.70. The minimum Gasteiger partial charge on any atom is -0.269 e. The Morgan fingerprint density at radius 2 is 2.27 bits per heavy atom. The van der Waals surface area contributed by atoms with E-state index in [4.69, 9.17) is 0 Å². The molecule has 0 rings (SSSR count). The summed E-state index contributed by atoms with van der Waals surface area (Å²) in [5.74, 6) is 0. The average molecular weight is 151 g/mol. The molecular weight excluding hydrogens is 134 g/mol. The van der Waals surface area contributed by atoms with Gasteiger partial charge >= 0.3 is 0 Å². The molecule has 0 fully saturated rings. The summed E-state index contributed by atoms with van der Waals surface area (Å²) in [4.78, 5) is 4.09. The summed E-state index contributed by atoms with van der Waals surface area (Å²) in [7, 11) is 0. The summed E-state index contributed by atoms with van der Waals surface area (Å²) in [5, 5.41) is 0. The van der Waals surface area contributed by atoms with Crippen LogP contribution in [0.15, 0.2) is 29.4 Å². The Morgan fingerprint density at radius 3 is 2.82 bits per heavy atom. The summed E-state index contributed by atoms with van der Waals surface area (Å²) < 4.78 is 0. The molecule has 0 unspecified atom stereocenters. The molecule has 0 aliphatic carbocycles. The topological polar surface area (TPSA) is 12.4 Å². The highest BCUT2D eigenvalue weighted by molar-refractivity contribution is 5.57. The molecule has 0 aromatic heterocycles. The quantitative estimate of drug-likeness (QED) is 0.422. The van der Waals surface area contributed by atoms with E-state index in [0.717, 1.165) is 19.3 Å². The Morgan fingerprint density at radius 1 is 1.55 bits per heavy atom. The highest BCUT2D eigenvalue weighted by atomic mass is 14.7. The van der Waals surface area contributed by atoms with Gasteiger partial charge in [-0.2, -0.15) is 0 Å². The van der Waals surface area contributed by atoms with Gasteiger partial charge in [-0.05, 0) is 19.8 Å². The van der Waals surface area contributed by atoms with Crippen LogP contribution < -0.4 is 0 Å². The largest absolute Gasteiger partial charge is 0.269 e. The van der Waals surface area contributed by atoms with E-state index in [-0.39, 0.29) is 0 Å². The minimum absolute atomic E-state index is 0.934. The first-order valence-corrected chi connectivity index (χ1v) is 4.08. The van der Waals surface area contributed by atoms with Crippen molar-refractivity contribution in [1.29, 1.82) is 0 Å². The second kappa shape index (κ2) is 7.26. The molecule has 0 aromatic rings. The highest BCUT2D eigenvalue weighted by Crippen LogP contribution is 1.95. The lowest BCUT2D eigenvalue weighted by Gasteiger charge is -1.86. The molecule has 0 amide bonds. The molecule has 1 heteroatoms. The van der Waals surface area contributed by atoms with Crippen molar-refractivity contribution in [3.05, 3.63) is 24.4 Å². The first kappa shape index (κ1) is 10.2. The SMILES string of the molecule is C=C(C)C/C=C\N=CCCC. The van der Waals surface area contributed by atoms with Gasteiger partial charge in [0, 0.05) is 12.4 Å². The molecule has 0 saturated carbocycles. The highest BCUT2D eigenvalue weighted by Gasteiger charge is 1.76. The lowest BCUT2D eigenvalue weighted by molar-refractivity contribution is 1.01. The predicted octanol–water partition coefficient (Wildman–Crippen LogP) is 3.34. The second-order valence-corrected chi connectivity index (χ2v) is 2.67. The van der Waals surface area contributed by atoms with E-state index in [1.165, 1.54) is 5.57 Å². The van der Waals surface area contributed by atoms with Crippen molar-refractivity contribution < 1.29 is 0 Å². The first-order chi connectivity index (χ1) is 5.27. The molecule has 0 atom stereocenters. The van der Waals surface area contributed by atoms with E-state index in [0.29, 0.717) is 0 Å². The van der Waals surface area contributed by atoms with E-state index >= 15 is 0 Å². The van der Waals surface area contributed by atoms with E-state index < -0.39 is 0 Å². The molecule has 0 aromatic carbocycles. The number of rotatable bonds is 5. The number of allylic oxidation sites excluding steroid dienone is 2. The number of hydrogen-bond acceptors (Lipinski definition) is 1. The van der Waals surface area contributed by atoms with Gasteiger partial charge in [0.25, 0.3) is 0 Å². The molecule has 0 saturated heterocycles. The van der Waals surface area contributed by atoms with Gasteiger partial charge in [-0.3, -0.25) is 4.99 Å². The van der Waals surface area contributed by atoms with Crippen molar-refractivity contribution in [1.82, 2.24) is 0 Å². The van der Waals surface area contributed by atoms with Crippen LogP contribution in [0.25, 0.3) is 0 Å². The Labute approximate surface area is 69.5 Å². The van der Waals surface area contributed by atoms with Gasteiger partial charge in [0.15, 0.2) is 0 Å². The Balaban J connectivity index is 3.36. The third-order valence-corrected chi connectivity index (χ3v) is 1.18. The molecule has 0 heterocycles. The maximum Gasteiger partial charge on any atom is 0.0227 e. The minimum atomic E-state index is 0.934. The van der Waals surface area contributed by atoms with Crippen LogP contribution >= 0.6 is 0 Å². The van der Waals surface area contributed by atoms with Crippen molar-refractivity contribution in [2.24, 2.45) is 4.99 Å². The van der Waals surface area contributed by atoms with E-state index in [9.17, 15) is 0 Å². The molecule has 11 heavy (non-hydrogen) atoms. The van der Waals surface area contributed by atoms with Crippen molar-refractivity contribution in [3.63, 3.8) is 0 Å². The molecule has 62 valence electrons. The Hall–Kier alpha value is -0.850. The van der Waals surface area contributed by atoms with Crippen LogP contribution in [-0.4, -0.2) is 6.21 Å². The lowest BCUT2D eigenvalue weighted by atomic mass is 10.2. The van der Waals surface area contributed by atoms with Gasteiger partial charge < -0.3 is 0 Å². The zero-order valence-electron chi connectivity index (χ0n) is 7.51. The zero-order chi connectivity index (χ0) is 8.53. The number of unbranched alkanes of at least 4 members (excludes halogenated alkanes) is 1. The normalized spacial score (nSPS) is 11.5. The van der Waals surface area contributed by atoms with E-state index in [1.807, 2.05) is 25.4 Å². The average Bonchev–Trinajstić information content (AvgIpc) is 1.96. The molecule has 0 spiro atoms. The Bertz CT molecular complexity index is 154. The maximum absolute atomic E-state index is 4.09. The van der Waals surface area contributed by atoms with Gasteiger partial charge in [0.1, 0.15) is 0 Å². The smallest absolute Gasteiger partial charge is 0.0227 e. The van der Waals surface area contributed by atoms with Crippen LogP contribution in [0.4, 0.5) is 0 Å². The van der Waals surface area contributed by atoms with Gasteiger partial charge in [0.2, 0.25) is 0 Å². The standard InChI is InChI=1S/C10H17N/c1-4-5-8-11-9-6-7-10(2)3/h6,8-9H,2,4-5,7H2,1,3H3/b9-6-,11-8?. The molecule has 0 radical (unpaired) electrons. The number of nitrogens with zero attached hydrogens (tertiary/aromatic N) is 1. The van der Waals surface area contributed by atoms with Crippen molar-refractivity contribution in [2.75, 3.05) is 0 Å². The first-order valence-electron chi connectivity index (χ1n) is 4.08. The van der Waals surface area contributed by atoms with Crippen molar-refractivity contribution in [2.45, 2.75) is 33.1 Å². The monoisotopic (exact) mass is 151 g/mol. The van der Waals surface area contributed by atoms with Crippen LogP contribution in [0.5, 0.6) is 0 Å². The maximum atomic E-state index is 4.09. The number of hydrogen-bond donors (Lipinski definition) is 0. The molecule has 0 N–H and O–H groups in total. The van der Waals surface area contributed by atoms with Gasteiger partial charge in [-0.15, -0.1) is 0 Å². The van der Waals surface area contributed by atoms with Gasteiger partial charge in [-0.1, -0.05) is 31.6 Å². The second-order valence-electron chi connectivity index (χ2n) is 2.67. The predicted molar refractivity (Wildman–Crippen MR) is 52.0 cm³/mol. The molecule has 1 nitrogen and oxygen atoms in total. The van der Waals surface area contributed by atoms with Gasteiger partial charge in [0.05, 0.1) is 0 Å². The summed E-state index contributed by atoms with van der Waals surface area (Å²) in [6.45, 7) is 7.94. The van der Waals surface area contributed by atoms with Crippen LogP contribution in [0.3, 0.4) is 0 Å². The third-order valence-electron chi connectivity index (χ3n) is 1.18. The van der Waals surface area contributed by atoms with E-state index in [2.05, 4.69) is 18.5 Å². The summed E-state index contributed by atoms with van der Waals surface area (Å²) in [6.07, 6.45) is 8.96. The molecule has 0 bridgehead atoms. The molecule has 0 aliphatic heterocycles. The lowest BCUT2D eigenvalue weighted by Crippen LogP contribution is -1.70. The molecular formula is C10H17N. The van der Waals surface area contributed by atoms with E-state index in [1.54, 1.807) is 0 Å². The van der Waals surface area contributed by atoms with Crippen LogP contribution in [0, 0.1) is 0 Å². The fraction of sp³-hybridized carbons (Fsp3) is 0.500. The fourth-order valence-corrected chi connectivity index (χ4v) is 0.579. The van der Waals surface area contributed by atoms with Crippen LogP contribution in [0.2, 0.25) is 0 Å². The zero-order valence-corrected chi connectivity index (χ0v) is 7.51. The summed E-state index contributed by atoms with van der Waals surface area (Å²) in [6, 6.07) is 0. The summed E-state index contributed by atoms with van der Waals surface area (Å²) >= 11 is 0. The van der Waals surface area contributed by atoms with Gasteiger partial charge in [-0.25, -0.2) is 0 Å². The summed E-state index contributed by atoms with van der Waals surface area (Å²) in [5.41, 5.74) is 1.17. The van der Waals surface area contributed by atoms with Crippen LogP contribution in [0.1, 0.15) is 33.1 Å². The van der Waals surface area contributed by atoms with Crippen molar-refractivity contribution in [3.8, 4) is 0 Å². The molecule has 0 aliphatic rings. The van der Waals surface area contributed by atoms with Crippen molar-refractivity contribution >= 4 is 6.21 Å². The fourth-order valence-electron chi connectivity index (χ4n) is 0.579.